The highest BCUT2D eigenvalue weighted by molar-refractivity contribution is 5.20. The SMILES string of the molecule is CCC[N+](CCC)(Cc1ccccc1)C[C@H](O)COc1ccccc1. The van der Waals surface area contributed by atoms with E-state index in [0.717, 1.165) is 49.3 Å². The Balaban J connectivity index is 2.03. The van der Waals surface area contributed by atoms with E-state index in [0.29, 0.717) is 6.61 Å². The van der Waals surface area contributed by atoms with Gasteiger partial charge in [0.15, 0.2) is 0 Å². The number of aliphatic hydroxyl groups is 1. The van der Waals surface area contributed by atoms with Gasteiger partial charge in [-0.2, -0.15) is 0 Å². The van der Waals surface area contributed by atoms with E-state index in [1.54, 1.807) is 0 Å². The lowest BCUT2D eigenvalue weighted by Gasteiger charge is -2.40. The monoisotopic (exact) mass is 342 g/mol. The number of quaternary nitrogens is 1. The number of benzene rings is 2. The van der Waals surface area contributed by atoms with Crippen LogP contribution < -0.4 is 4.74 Å². The summed E-state index contributed by atoms with van der Waals surface area (Å²) >= 11 is 0. The van der Waals surface area contributed by atoms with E-state index in [4.69, 9.17) is 4.74 Å². The minimum absolute atomic E-state index is 0.340. The maximum atomic E-state index is 10.6. The molecule has 0 radical (unpaired) electrons. The zero-order valence-electron chi connectivity index (χ0n) is 15.6. The van der Waals surface area contributed by atoms with Crippen molar-refractivity contribution in [2.75, 3.05) is 26.2 Å². The van der Waals surface area contributed by atoms with E-state index < -0.39 is 6.10 Å². The van der Waals surface area contributed by atoms with Gasteiger partial charge in [-0.05, 0) is 25.0 Å². The van der Waals surface area contributed by atoms with Crippen LogP contribution in [0.3, 0.4) is 0 Å². The summed E-state index contributed by atoms with van der Waals surface area (Å²) < 4.78 is 6.67. The molecule has 0 fully saturated rings. The highest BCUT2D eigenvalue weighted by Crippen LogP contribution is 2.19. The van der Waals surface area contributed by atoms with Crippen LogP contribution in [0.25, 0.3) is 0 Å². The molecule has 0 aliphatic carbocycles. The quantitative estimate of drug-likeness (QED) is 0.618. The lowest BCUT2D eigenvalue weighted by atomic mass is 10.1. The molecule has 0 saturated carbocycles. The van der Waals surface area contributed by atoms with Crippen molar-refractivity contribution in [1.82, 2.24) is 0 Å². The second kappa shape index (κ2) is 10.2. The molecule has 2 aromatic rings. The summed E-state index contributed by atoms with van der Waals surface area (Å²) in [4.78, 5) is 0. The van der Waals surface area contributed by atoms with Gasteiger partial charge >= 0.3 is 0 Å². The summed E-state index contributed by atoms with van der Waals surface area (Å²) in [5.74, 6) is 0.814. The van der Waals surface area contributed by atoms with Crippen LogP contribution in [-0.2, 0) is 6.54 Å². The zero-order valence-corrected chi connectivity index (χ0v) is 15.6. The third kappa shape index (κ3) is 6.52. The molecule has 2 aromatic carbocycles. The van der Waals surface area contributed by atoms with Gasteiger partial charge in [-0.15, -0.1) is 0 Å². The molecule has 25 heavy (non-hydrogen) atoms. The Hall–Kier alpha value is -1.84. The van der Waals surface area contributed by atoms with Crippen molar-refractivity contribution in [2.24, 2.45) is 0 Å². The van der Waals surface area contributed by atoms with Gasteiger partial charge in [0.25, 0.3) is 0 Å². The molecule has 1 atom stereocenters. The number of aliphatic hydroxyl groups excluding tert-OH is 1. The molecule has 0 aliphatic heterocycles. The number of rotatable bonds is 11. The predicted octanol–water partition coefficient (Wildman–Crippen LogP) is 4.26. The first-order chi connectivity index (χ1) is 12.2. The maximum absolute atomic E-state index is 10.6. The van der Waals surface area contributed by atoms with Crippen molar-refractivity contribution in [3.05, 3.63) is 66.2 Å². The van der Waals surface area contributed by atoms with Crippen molar-refractivity contribution < 1.29 is 14.3 Å². The van der Waals surface area contributed by atoms with Crippen LogP contribution in [-0.4, -0.2) is 41.9 Å². The average Bonchev–Trinajstić information content (AvgIpc) is 2.62. The van der Waals surface area contributed by atoms with Crippen LogP contribution in [0.1, 0.15) is 32.3 Å². The minimum Gasteiger partial charge on any atom is -0.491 e. The molecule has 0 saturated heterocycles. The molecule has 0 amide bonds. The van der Waals surface area contributed by atoms with Gasteiger partial charge < -0.3 is 14.3 Å². The van der Waals surface area contributed by atoms with Crippen molar-refractivity contribution in [2.45, 2.75) is 39.3 Å². The van der Waals surface area contributed by atoms with Crippen LogP contribution in [0.2, 0.25) is 0 Å². The highest BCUT2D eigenvalue weighted by atomic mass is 16.5. The predicted molar refractivity (Wildman–Crippen MR) is 104 cm³/mol. The van der Waals surface area contributed by atoms with Gasteiger partial charge in [-0.3, -0.25) is 0 Å². The highest BCUT2D eigenvalue weighted by Gasteiger charge is 2.29. The van der Waals surface area contributed by atoms with E-state index in [-0.39, 0.29) is 0 Å². The first kappa shape index (κ1) is 19.5. The van der Waals surface area contributed by atoms with Gasteiger partial charge in [0.1, 0.15) is 31.5 Å². The summed E-state index contributed by atoms with van der Waals surface area (Å²) in [5.41, 5.74) is 1.33. The molecule has 0 aromatic heterocycles. The standard InChI is InChI=1S/C22H32NO2/c1-3-15-23(16-4-2,17-20-11-7-5-8-12-20)18-21(24)19-25-22-13-9-6-10-14-22/h5-14,21,24H,3-4,15-19H2,1-2H3/q+1/t21-/m0/s1. The molecule has 136 valence electrons. The topological polar surface area (TPSA) is 29.5 Å². The van der Waals surface area contributed by atoms with Crippen LogP contribution in [0, 0.1) is 0 Å². The smallest absolute Gasteiger partial charge is 0.137 e. The molecule has 0 heterocycles. The van der Waals surface area contributed by atoms with Gasteiger partial charge in [0.2, 0.25) is 0 Å². The fraction of sp³-hybridized carbons (Fsp3) is 0.455. The molecular weight excluding hydrogens is 310 g/mol. The molecule has 0 unspecified atom stereocenters. The van der Waals surface area contributed by atoms with Crippen molar-refractivity contribution >= 4 is 0 Å². The molecule has 0 bridgehead atoms. The Kier molecular flexibility index (Phi) is 7.96. The molecule has 1 N–H and O–H groups in total. The Labute approximate surface area is 152 Å². The third-order valence-corrected chi connectivity index (χ3v) is 4.54. The molecule has 0 spiro atoms. The Morgan fingerprint density at radius 2 is 1.44 bits per heavy atom. The van der Waals surface area contributed by atoms with Crippen LogP contribution in [0.4, 0.5) is 0 Å². The van der Waals surface area contributed by atoms with Crippen LogP contribution >= 0.6 is 0 Å². The summed E-state index contributed by atoms with van der Waals surface area (Å²) in [6, 6.07) is 20.3. The van der Waals surface area contributed by atoms with Crippen LogP contribution in [0.15, 0.2) is 60.7 Å². The minimum atomic E-state index is -0.470. The van der Waals surface area contributed by atoms with Gasteiger partial charge in [-0.1, -0.05) is 62.4 Å². The number of hydrogen-bond donors (Lipinski definition) is 1. The summed E-state index contributed by atoms with van der Waals surface area (Å²) in [6.07, 6.45) is 1.75. The molecule has 0 aliphatic rings. The largest absolute Gasteiger partial charge is 0.491 e. The second-order valence-corrected chi connectivity index (χ2v) is 6.89. The molecule has 3 heteroatoms. The zero-order chi connectivity index (χ0) is 18.0. The van der Waals surface area contributed by atoms with E-state index in [9.17, 15) is 5.11 Å². The van der Waals surface area contributed by atoms with Crippen molar-refractivity contribution in [3.8, 4) is 5.75 Å². The third-order valence-electron chi connectivity index (χ3n) is 4.54. The number of hydrogen-bond acceptors (Lipinski definition) is 2. The first-order valence-corrected chi connectivity index (χ1v) is 9.42. The lowest BCUT2D eigenvalue weighted by Crippen LogP contribution is -2.53. The summed E-state index contributed by atoms with van der Waals surface area (Å²) in [6.45, 7) is 8.62. The molecular formula is C22H32NO2+. The molecule has 3 nitrogen and oxygen atoms in total. The fourth-order valence-electron chi connectivity index (χ4n) is 3.65. The van der Waals surface area contributed by atoms with Crippen molar-refractivity contribution in [1.29, 1.82) is 0 Å². The molecule has 2 rings (SSSR count). The van der Waals surface area contributed by atoms with Crippen LogP contribution in [0.5, 0.6) is 5.75 Å². The second-order valence-electron chi connectivity index (χ2n) is 6.89. The Bertz CT molecular complexity index is 579. The first-order valence-electron chi connectivity index (χ1n) is 9.42. The van der Waals surface area contributed by atoms with Gasteiger partial charge in [0.05, 0.1) is 13.1 Å². The van der Waals surface area contributed by atoms with E-state index >= 15 is 0 Å². The Morgan fingerprint density at radius 3 is 2.00 bits per heavy atom. The lowest BCUT2D eigenvalue weighted by molar-refractivity contribution is -0.943. The van der Waals surface area contributed by atoms with E-state index in [1.165, 1.54) is 5.56 Å². The van der Waals surface area contributed by atoms with E-state index in [2.05, 4.69) is 44.2 Å². The maximum Gasteiger partial charge on any atom is 0.137 e. The number of ether oxygens (including phenoxy) is 1. The average molecular weight is 343 g/mol. The normalized spacial score (nSPS) is 12.8. The Morgan fingerprint density at radius 1 is 0.880 bits per heavy atom. The summed E-state index contributed by atoms with van der Waals surface area (Å²) in [7, 11) is 0. The summed E-state index contributed by atoms with van der Waals surface area (Å²) in [5, 5.41) is 10.6. The fourth-order valence-corrected chi connectivity index (χ4v) is 3.65. The van der Waals surface area contributed by atoms with Gasteiger partial charge in [0, 0.05) is 5.56 Å². The van der Waals surface area contributed by atoms with Gasteiger partial charge in [-0.25, -0.2) is 0 Å². The number of nitrogens with zero attached hydrogens (tertiary/aromatic N) is 1. The number of para-hydroxylation sites is 1. The van der Waals surface area contributed by atoms with E-state index in [1.807, 2.05) is 30.3 Å². The van der Waals surface area contributed by atoms with Crippen molar-refractivity contribution in [3.63, 3.8) is 0 Å².